The number of aromatic nitrogens is 1. The molecule has 0 bridgehead atoms. The van der Waals surface area contributed by atoms with Gasteiger partial charge in [0.05, 0.1) is 17.7 Å². The first-order chi connectivity index (χ1) is 9.32. The predicted octanol–water partition coefficient (Wildman–Crippen LogP) is 3.00. The zero-order chi connectivity index (χ0) is 14.9. The fourth-order valence-corrected chi connectivity index (χ4v) is 4.36. The lowest BCUT2D eigenvalue weighted by molar-refractivity contribution is 0.454. The van der Waals surface area contributed by atoms with Crippen LogP contribution < -0.4 is 0 Å². The standard InChI is InChI=1S/C11H9BrF2N2O2S2/c1-16(4-8-5-19-6-15-8)20(17,18)11-9(12)2-7(13)3-10(11)14/h2-3,5-6H,4H2,1H3. The normalized spacial score (nSPS) is 12.1. The molecule has 0 saturated carbocycles. The van der Waals surface area contributed by atoms with E-state index >= 15 is 0 Å². The summed E-state index contributed by atoms with van der Waals surface area (Å²) in [6, 6.07) is 1.45. The molecule has 20 heavy (non-hydrogen) atoms. The van der Waals surface area contributed by atoms with Crippen LogP contribution in [0.25, 0.3) is 0 Å². The van der Waals surface area contributed by atoms with E-state index in [2.05, 4.69) is 20.9 Å². The molecule has 108 valence electrons. The van der Waals surface area contributed by atoms with E-state index < -0.39 is 26.6 Å². The van der Waals surface area contributed by atoms with E-state index in [1.165, 1.54) is 18.4 Å². The van der Waals surface area contributed by atoms with Gasteiger partial charge in [0.2, 0.25) is 10.0 Å². The molecule has 9 heteroatoms. The van der Waals surface area contributed by atoms with Crippen LogP contribution in [0.15, 0.2) is 32.4 Å². The highest BCUT2D eigenvalue weighted by Crippen LogP contribution is 2.29. The molecule has 1 aromatic heterocycles. The predicted molar refractivity (Wildman–Crippen MR) is 74.8 cm³/mol. The highest BCUT2D eigenvalue weighted by Gasteiger charge is 2.28. The maximum Gasteiger partial charge on any atom is 0.247 e. The third-order valence-corrected chi connectivity index (χ3v) is 5.90. The molecule has 0 N–H and O–H groups in total. The van der Waals surface area contributed by atoms with Crippen molar-refractivity contribution in [1.82, 2.24) is 9.29 Å². The Morgan fingerprint density at radius 1 is 1.40 bits per heavy atom. The number of hydrogen-bond acceptors (Lipinski definition) is 4. The number of thiazole rings is 1. The van der Waals surface area contributed by atoms with Gasteiger partial charge in [-0.25, -0.2) is 22.2 Å². The van der Waals surface area contributed by atoms with Gasteiger partial charge < -0.3 is 0 Å². The van der Waals surface area contributed by atoms with Gasteiger partial charge in [-0.1, -0.05) is 0 Å². The second-order valence-corrected chi connectivity index (χ2v) is 7.49. The molecule has 0 radical (unpaired) electrons. The molecule has 2 aromatic rings. The largest absolute Gasteiger partial charge is 0.248 e. The van der Waals surface area contributed by atoms with E-state index in [9.17, 15) is 17.2 Å². The molecule has 0 aliphatic heterocycles. The van der Waals surface area contributed by atoms with Gasteiger partial charge in [0.15, 0.2) is 0 Å². The average molecular weight is 383 g/mol. The molecule has 0 fully saturated rings. The van der Waals surface area contributed by atoms with E-state index in [-0.39, 0.29) is 11.0 Å². The van der Waals surface area contributed by atoms with Crippen LogP contribution in [-0.2, 0) is 16.6 Å². The van der Waals surface area contributed by atoms with E-state index in [1.807, 2.05) is 0 Å². The highest BCUT2D eigenvalue weighted by atomic mass is 79.9. The second-order valence-electron chi connectivity index (χ2n) is 3.94. The van der Waals surface area contributed by atoms with E-state index in [0.717, 1.165) is 10.4 Å². The summed E-state index contributed by atoms with van der Waals surface area (Å²) in [6.07, 6.45) is 0. The van der Waals surface area contributed by atoms with Gasteiger partial charge in [-0.15, -0.1) is 11.3 Å². The number of benzene rings is 1. The van der Waals surface area contributed by atoms with Crippen LogP contribution in [0.5, 0.6) is 0 Å². The van der Waals surface area contributed by atoms with Crippen molar-refractivity contribution in [1.29, 1.82) is 0 Å². The molecule has 0 saturated heterocycles. The first-order valence-corrected chi connectivity index (χ1v) is 8.48. The SMILES string of the molecule is CN(Cc1cscn1)S(=O)(=O)c1c(F)cc(F)cc1Br. The molecule has 0 aliphatic carbocycles. The lowest BCUT2D eigenvalue weighted by Gasteiger charge is -2.17. The topological polar surface area (TPSA) is 50.3 Å². The zero-order valence-corrected chi connectivity index (χ0v) is 13.4. The van der Waals surface area contributed by atoms with Crippen molar-refractivity contribution in [3.63, 3.8) is 0 Å². The summed E-state index contributed by atoms with van der Waals surface area (Å²) in [5.41, 5.74) is 2.13. The summed E-state index contributed by atoms with van der Waals surface area (Å²) in [4.78, 5) is 3.38. The highest BCUT2D eigenvalue weighted by molar-refractivity contribution is 9.10. The van der Waals surface area contributed by atoms with Crippen LogP contribution >= 0.6 is 27.3 Å². The minimum atomic E-state index is -4.08. The van der Waals surface area contributed by atoms with Gasteiger partial charge in [-0.05, 0) is 22.0 Å². The van der Waals surface area contributed by atoms with Crippen molar-refractivity contribution < 1.29 is 17.2 Å². The molecule has 1 heterocycles. The molecule has 2 rings (SSSR count). The lowest BCUT2D eigenvalue weighted by atomic mass is 10.3. The Hall–Kier alpha value is -0.900. The fourth-order valence-electron chi connectivity index (χ4n) is 1.56. The van der Waals surface area contributed by atoms with Crippen LogP contribution in [0.4, 0.5) is 8.78 Å². The molecule has 4 nitrogen and oxygen atoms in total. The van der Waals surface area contributed by atoms with Crippen molar-refractivity contribution >= 4 is 37.3 Å². The smallest absolute Gasteiger partial charge is 0.247 e. The third kappa shape index (κ3) is 3.05. The maximum atomic E-state index is 13.8. The fraction of sp³-hybridized carbons (Fsp3) is 0.182. The summed E-state index contributed by atoms with van der Waals surface area (Å²) < 4.78 is 52.2. The van der Waals surface area contributed by atoms with Crippen LogP contribution in [0.2, 0.25) is 0 Å². The number of nitrogens with zero attached hydrogens (tertiary/aromatic N) is 2. The summed E-state index contributed by atoms with van der Waals surface area (Å²) in [6.45, 7) is 0.00902. The first-order valence-electron chi connectivity index (χ1n) is 5.30. The molecule has 0 unspecified atom stereocenters. The monoisotopic (exact) mass is 382 g/mol. The molecule has 0 amide bonds. The molecular formula is C11H9BrF2N2O2S2. The van der Waals surface area contributed by atoms with Gasteiger partial charge >= 0.3 is 0 Å². The van der Waals surface area contributed by atoms with E-state index in [4.69, 9.17) is 0 Å². The van der Waals surface area contributed by atoms with Gasteiger partial charge in [0, 0.05) is 23.0 Å². The summed E-state index contributed by atoms with van der Waals surface area (Å²) in [5.74, 6) is -1.99. The van der Waals surface area contributed by atoms with Crippen molar-refractivity contribution in [2.75, 3.05) is 7.05 Å². The second kappa shape index (κ2) is 5.84. The van der Waals surface area contributed by atoms with Crippen molar-refractivity contribution in [3.8, 4) is 0 Å². The summed E-state index contributed by atoms with van der Waals surface area (Å²) in [5, 5.41) is 1.70. The minimum absolute atomic E-state index is 0.00902. The van der Waals surface area contributed by atoms with Crippen LogP contribution in [-0.4, -0.2) is 24.8 Å². The Morgan fingerprint density at radius 3 is 2.65 bits per heavy atom. The van der Waals surface area contributed by atoms with Crippen LogP contribution in [0, 0.1) is 11.6 Å². The lowest BCUT2D eigenvalue weighted by Crippen LogP contribution is -2.27. The van der Waals surface area contributed by atoms with E-state index in [1.54, 1.807) is 10.9 Å². The number of hydrogen-bond donors (Lipinski definition) is 0. The number of rotatable bonds is 4. The van der Waals surface area contributed by atoms with Gasteiger partial charge in [0.25, 0.3) is 0 Å². The third-order valence-electron chi connectivity index (χ3n) is 2.50. The van der Waals surface area contributed by atoms with E-state index in [0.29, 0.717) is 11.8 Å². The van der Waals surface area contributed by atoms with Gasteiger partial charge in [-0.2, -0.15) is 4.31 Å². The Labute approximate surface area is 127 Å². The molecular weight excluding hydrogens is 374 g/mol. The Morgan fingerprint density at radius 2 is 2.10 bits per heavy atom. The molecule has 0 atom stereocenters. The Balaban J connectivity index is 2.40. The first kappa shape index (κ1) is 15.5. The van der Waals surface area contributed by atoms with Crippen molar-refractivity contribution in [2.45, 2.75) is 11.4 Å². The average Bonchev–Trinajstić information content (AvgIpc) is 2.79. The Kier molecular flexibility index (Phi) is 4.52. The minimum Gasteiger partial charge on any atom is -0.248 e. The zero-order valence-electron chi connectivity index (χ0n) is 10.2. The molecule has 1 aromatic carbocycles. The molecule has 0 aliphatic rings. The number of sulfonamides is 1. The van der Waals surface area contributed by atoms with Crippen molar-refractivity contribution in [2.24, 2.45) is 0 Å². The quantitative estimate of drug-likeness (QED) is 0.816. The van der Waals surface area contributed by atoms with Crippen LogP contribution in [0.3, 0.4) is 0 Å². The summed E-state index contributed by atoms with van der Waals surface area (Å²) >= 11 is 4.21. The van der Waals surface area contributed by atoms with Crippen LogP contribution in [0.1, 0.15) is 5.69 Å². The number of halogens is 3. The maximum absolute atomic E-state index is 13.8. The molecule has 0 spiro atoms. The van der Waals surface area contributed by atoms with Gasteiger partial charge in [0.1, 0.15) is 16.5 Å². The van der Waals surface area contributed by atoms with Gasteiger partial charge in [-0.3, -0.25) is 0 Å². The Bertz CT molecular complexity index is 697. The summed E-state index contributed by atoms with van der Waals surface area (Å²) in [7, 11) is -2.77. The van der Waals surface area contributed by atoms with Crippen molar-refractivity contribution in [3.05, 3.63) is 44.8 Å².